The Morgan fingerprint density at radius 2 is 1.89 bits per heavy atom. The number of likely N-dealkylation sites (N-methyl/N-ethyl adjacent to an activating group) is 2. The van der Waals surface area contributed by atoms with Crippen LogP contribution in [0.2, 0.25) is 0 Å². The van der Waals surface area contributed by atoms with Crippen LogP contribution in [0.15, 0.2) is 29.3 Å². The Morgan fingerprint density at radius 1 is 1.21 bits per heavy atom. The van der Waals surface area contributed by atoms with Crippen molar-refractivity contribution in [3.63, 3.8) is 0 Å². The van der Waals surface area contributed by atoms with Crippen LogP contribution in [0.1, 0.15) is 18.4 Å². The topological polar surface area (TPSA) is 66.4 Å². The van der Waals surface area contributed by atoms with Gasteiger partial charge in [0.05, 0.1) is 26.8 Å². The number of hydrogen-bond acceptors (Lipinski definition) is 4. The number of hydrogen-bond donors (Lipinski definition) is 1. The third-order valence-corrected chi connectivity index (χ3v) is 4.45. The van der Waals surface area contributed by atoms with Crippen molar-refractivity contribution in [3.05, 3.63) is 29.8 Å². The molecule has 28 heavy (non-hydrogen) atoms. The lowest BCUT2D eigenvalue weighted by atomic mass is 10.2. The van der Waals surface area contributed by atoms with Gasteiger partial charge in [0.15, 0.2) is 5.96 Å². The molecule has 0 spiro atoms. The summed E-state index contributed by atoms with van der Waals surface area (Å²) in [5.41, 5.74) is 1.08. The Bertz CT molecular complexity index is 618. The van der Waals surface area contributed by atoms with Gasteiger partial charge < -0.3 is 24.6 Å². The highest BCUT2D eigenvalue weighted by molar-refractivity contribution is 14.0. The summed E-state index contributed by atoms with van der Waals surface area (Å²) in [5.74, 6) is 2.28. The molecule has 2 rings (SSSR count). The molecule has 0 radical (unpaired) electrons. The van der Waals surface area contributed by atoms with Crippen molar-refractivity contribution in [2.75, 3.05) is 54.6 Å². The zero-order valence-electron chi connectivity index (χ0n) is 17.3. The van der Waals surface area contributed by atoms with E-state index in [-0.39, 0.29) is 36.4 Å². The number of benzene rings is 1. The Hall–Kier alpha value is -1.55. The molecule has 0 atom stereocenters. The summed E-state index contributed by atoms with van der Waals surface area (Å²) in [4.78, 5) is 20.1. The third kappa shape index (κ3) is 9.09. The number of nitrogens with zero attached hydrogens (tertiary/aromatic N) is 3. The lowest BCUT2D eigenvalue weighted by molar-refractivity contribution is -0.127. The molecule has 1 N–H and O–H groups in total. The molecule has 1 aromatic rings. The number of carbonyl (C=O) groups excluding carboxylic acids is 1. The molecule has 1 aliphatic rings. The van der Waals surface area contributed by atoms with Crippen molar-refractivity contribution in [3.8, 4) is 5.75 Å². The molecule has 7 nitrogen and oxygen atoms in total. The molecular weight excluding hydrogens is 471 g/mol. The highest BCUT2D eigenvalue weighted by Crippen LogP contribution is 2.28. The van der Waals surface area contributed by atoms with Crippen LogP contribution in [0.5, 0.6) is 5.75 Å². The average Bonchev–Trinajstić information content (AvgIpc) is 3.49. The maximum absolute atomic E-state index is 11.9. The normalized spacial score (nSPS) is 13.5. The largest absolute Gasteiger partial charge is 0.497 e. The van der Waals surface area contributed by atoms with E-state index in [0.29, 0.717) is 19.1 Å². The van der Waals surface area contributed by atoms with Gasteiger partial charge in [-0.3, -0.25) is 4.79 Å². The minimum atomic E-state index is 0. The summed E-state index contributed by atoms with van der Waals surface area (Å²) >= 11 is 0. The fraction of sp³-hybridized carbons (Fsp3) is 0.600. The highest BCUT2D eigenvalue weighted by Gasteiger charge is 2.21. The van der Waals surface area contributed by atoms with Crippen LogP contribution in [-0.2, 0) is 16.1 Å². The summed E-state index contributed by atoms with van der Waals surface area (Å²) in [5, 5.41) is 3.16. The van der Waals surface area contributed by atoms with Crippen molar-refractivity contribution >= 4 is 35.8 Å². The van der Waals surface area contributed by atoms with Gasteiger partial charge in [-0.2, -0.15) is 0 Å². The number of ether oxygens (including phenoxy) is 2. The second kappa shape index (κ2) is 12.8. The lowest BCUT2D eigenvalue weighted by Crippen LogP contribution is -2.44. The van der Waals surface area contributed by atoms with E-state index in [1.165, 1.54) is 12.8 Å². The molecule has 0 unspecified atom stereocenters. The molecule has 1 amide bonds. The van der Waals surface area contributed by atoms with Crippen LogP contribution in [0.4, 0.5) is 0 Å². The quantitative estimate of drug-likeness (QED) is 0.229. The fourth-order valence-electron chi connectivity index (χ4n) is 2.36. The summed E-state index contributed by atoms with van der Waals surface area (Å²) in [7, 11) is 7.10. The van der Waals surface area contributed by atoms with E-state index < -0.39 is 0 Å². The number of aliphatic imine (C=N–C) groups is 1. The first-order valence-corrected chi connectivity index (χ1v) is 9.40. The number of halogens is 1. The summed E-state index contributed by atoms with van der Waals surface area (Å²) in [6.07, 6.45) is 2.58. The van der Waals surface area contributed by atoms with E-state index >= 15 is 0 Å². The van der Waals surface area contributed by atoms with Gasteiger partial charge in [-0.15, -0.1) is 24.0 Å². The predicted molar refractivity (Wildman–Crippen MR) is 122 cm³/mol. The Morgan fingerprint density at radius 3 is 2.46 bits per heavy atom. The average molecular weight is 504 g/mol. The van der Waals surface area contributed by atoms with Crippen LogP contribution in [-0.4, -0.2) is 76.2 Å². The van der Waals surface area contributed by atoms with Gasteiger partial charge in [0.2, 0.25) is 5.91 Å². The minimum Gasteiger partial charge on any atom is -0.497 e. The predicted octanol–water partition coefficient (Wildman–Crippen LogP) is 2.21. The number of guanidine groups is 1. The Balaban J connectivity index is 0.00000392. The maximum atomic E-state index is 11.9. The molecule has 1 fully saturated rings. The van der Waals surface area contributed by atoms with Crippen LogP contribution in [0, 0.1) is 5.92 Å². The van der Waals surface area contributed by atoms with Crippen LogP contribution in [0.25, 0.3) is 0 Å². The van der Waals surface area contributed by atoms with E-state index in [2.05, 4.69) is 10.3 Å². The van der Waals surface area contributed by atoms with Gasteiger partial charge in [0, 0.05) is 34.3 Å². The van der Waals surface area contributed by atoms with Crippen LogP contribution < -0.4 is 10.1 Å². The molecule has 8 heteroatoms. The zero-order chi connectivity index (χ0) is 19.6. The first-order chi connectivity index (χ1) is 13.0. The van der Waals surface area contributed by atoms with Crippen LogP contribution >= 0.6 is 24.0 Å². The molecule has 1 aliphatic carbocycles. The van der Waals surface area contributed by atoms with Gasteiger partial charge in [0.1, 0.15) is 5.75 Å². The summed E-state index contributed by atoms with van der Waals surface area (Å²) < 4.78 is 10.9. The molecule has 0 aromatic heterocycles. The van der Waals surface area contributed by atoms with Crippen molar-refractivity contribution in [2.24, 2.45) is 10.9 Å². The molecule has 0 saturated heterocycles. The third-order valence-electron chi connectivity index (χ3n) is 4.45. The van der Waals surface area contributed by atoms with Gasteiger partial charge in [-0.25, -0.2) is 4.99 Å². The standard InChI is InChI=1S/C20H32N4O3.HI/c1-23(2)19(25)14-22-20(24(3)11-12-27-15-17-5-6-17)21-13-16-7-9-18(26-4)10-8-16;/h7-10,17H,5-6,11-15H2,1-4H3,(H,21,22);1H. The monoisotopic (exact) mass is 504 g/mol. The SMILES string of the molecule is COc1ccc(CN=C(NCC(=O)N(C)C)N(C)CCOCC2CC2)cc1.I. The van der Waals surface area contributed by atoms with Crippen molar-refractivity contribution < 1.29 is 14.3 Å². The zero-order valence-corrected chi connectivity index (χ0v) is 19.6. The highest BCUT2D eigenvalue weighted by atomic mass is 127. The molecule has 0 bridgehead atoms. The van der Waals surface area contributed by atoms with Gasteiger partial charge in [0.25, 0.3) is 0 Å². The van der Waals surface area contributed by atoms with E-state index in [9.17, 15) is 4.79 Å². The van der Waals surface area contributed by atoms with Gasteiger partial charge in [-0.05, 0) is 36.5 Å². The smallest absolute Gasteiger partial charge is 0.241 e. The minimum absolute atomic E-state index is 0. The molecule has 1 saturated carbocycles. The number of nitrogens with one attached hydrogen (secondary N) is 1. The van der Waals surface area contributed by atoms with Crippen LogP contribution in [0.3, 0.4) is 0 Å². The van der Waals surface area contributed by atoms with Crippen molar-refractivity contribution in [2.45, 2.75) is 19.4 Å². The van der Waals surface area contributed by atoms with Gasteiger partial charge >= 0.3 is 0 Å². The second-order valence-corrected chi connectivity index (χ2v) is 7.07. The van der Waals surface area contributed by atoms with E-state index in [4.69, 9.17) is 9.47 Å². The number of methoxy groups -OCH3 is 1. The maximum Gasteiger partial charge on any atom is 0.241 e. The first-order valence-electron chi connectivity index (χ1n) is 9.40. The summed E-state index contributed by atoms with van der Waals surface area (Å²) in [6, 6.07) is 7.82. The van der Waals surface area contributed by atoms with Crippen molar-refractivity contribution in [1.29, 1.82) is 0 Å². The fourth-order valence-corrected chi connectivity index (χ4v) is 2.36. The number of rotatable bonds is 10. The first kappa shape index (κ1) is 24.5. The Labute approximate surface area is 185 Å². The second-order valence-electron chi connectivity index (χ2n) is 7.07. The molecular formula is C20H33IN4O3. The van der Waals surface area contributed by atoms with Gasteiger partial charge in [-0.1, -0.05) is 12.1 Å². The Kier molecular flexibility index (Phi) is 11.2. The lowest BCUT2D eigenvalue weighted by Gasteiger charge is -2.23. The molecule has 0 aliphatic heterocycles. The number of carbonyl (C=O) groups is 1. The molecule has 0 heterocycles. The molecule has 1 aromatic carbocycles. The number of amides is 1. The van der Waals surface area contributed by atoms with E-state index in [0.717, 1.165) is 30.4 Å². The van der Waals surface area contributed by atoms with E-state index in [1.807, 2.05) is 36.2 Å². The molecule has 158 valence electrons. The van der Waals surface area contributed by atoms with E-state index in [1.54, 1.807) is 26.1 Å². The summed E-state index contributed by atoms with van der Waals surface area (Å²) in [6.45, 7) is 2.95. The van der Waals surface area contributed by atoms with Crippen molar-refractivity contribution in [1.82, 2.24) is 15.1 Å².